The maximum atomic E-state index is 12.1. The Bertz CT molecular complexity index is 732. The number of hydrogen-bond acceptors (Lipinski definition) is 5. The fourth-order valence-electron chi connectivity index (χ4n) is 1.81. The Balaban J connectivity index is 1.78. The third kappa shape index (κ3) is 2.24. The Kier molecular flexibility index (Phi) is 3.04. The van der Waals surface area contributed by atoms with Gasteiger partial charge in [-0.1, -0.05) is 11.8 Å². The van der Waals surface area contributed by atoms with Crippen LogP contribution in [0.5, 0.6) is 0 Å². The second kappa shape index (κ2) is 4.85. The minimum Gasteiger partial charge on any atom is -0.348 e. The van der Waals surface area contributed by atoms with E-state index in [1.165, 1.54) is 18.1 Å². The summed E-state index contributed by atoms with van der Waals surface area (Å²) in [5, 5.41) is 0.741. The van der Waals surface area contributed by atoms with E-state index in [0.29, 0.717) is 17.1 Å². The van der Waals surface area contributed by atoms with E-state index in [2.05, 4.69) is 19.9 Å². The summed E-state index contributed by atoms with van der Waals surface area (Å²) in [6.07, 6.45) is 4.89. The number of nitrogens with one attached hydrogen (secondary N) is 1. The van der Waals surface area contributed by atoms with E-state index < -0.39 is 0 Å². The van der Waals surface area contributed by atoms with Gasteiger partial charge in [-0.15, -0.1) is 0 Å². The van der Waals surface area contributed by atoms with Crippen LogP contribution in [0.25, 0.3) is 11.2 Å². The molecule has 0 aliphatic carbocycles. The standard InChI is InChI=1S/C12H11N5OS/c1-17-4-2-3-8(17)9(18)5-19-12-10-11(14-6-13-10)15-7-16-12/h2-4,6-7H,5H2,1H3,(H,13,14,15,16). The lowest BCUT2D eigenvalue weighted by molar-refractivity contribution is 0.101. The van der Waals surface area contributed by atoms with Crippen LogP contribution in [0.4, 0.5) is 0 Å². The Morgan fingerprint density at radius 1 is 1.42 bits per heavy atom. The highest BCUT2D eigenvalue weighted by molar-refractivity contribution is 8.00. The molecule has 3 heterocycles. The lowest BCUT2D eigenvalue weighted by Crippen LogP contribution is -2.07. The van der Waals surface area contributed by atoms with Gasteiger partial charge in [0.25, 0.3) is 0 Å². The normalized spacial score (nSPS) is 11.0. The molecule has 3 aromatic rings. The molecule has 3 aromatic heterocycles. The van der Waals surface area contributed by atoms with E-state index in [0.717, 1.165) is 10.5 Å². The smallest absolute Gasteiger partial charge is 0.189 e. The maximum Gasteiger partial charge on any atom is 0.189 e. The number of ketones is 1. The number of carbonyl (C=O) groups excluding carboxylic acids is 1. The van der Waals surface area contributed by atoms with Crippen molar-refractivity contribution in [1.82, 2.24) is 24.5 Å². The SMILES string of the molecule is Cn1cccc1C(=O)CSc1ncnc2nc[nH]c12. The average molecular weight is 273 g/mol. The van der Waals surface area contributed by atoms with Crippen LogP contribution in [0.3, 0.4) is 0 Å². The van der Waals surface area contributed by atoms with Gasteiger partial charge in [0.1, 0.15) is 16.9 Å². The fourth-order valence-corrected chi connectivity index (χ4v) is 2.64. The Labute approximate surface area is 113 Å². The summed E-state index contributed by atoms with van der Waals surface area (Å²) >= 11 is 1.38. The van der Waals surface area contributed by atoms with Crippen LogP contribution < -0.4 is 0 Å². The minimum absolute atomic E-state index is 0.0729. The highest BCUT2D eigenvalue weighted by atomic mass is 32.2. The number of aromatic nitrogens is 5. The first-order valence-corrected chi connectivity index (χ1v) is 6.65. The van der Waals surface area contributed by atoms with Crippen LogP contribution in [0.2, 0.25) is 0 Å². The van der Waals surface area contributed by atoms with Crippen molar-refractivity contribution in [3.63, 3.8) is 0 Å². The Hall–Kier alpha value is -2.15. The van der Waals surface area contributed by atoms with E-state index >= 15 is 0 Å². The van der Waals surface area contributed by atoms with E-state index in [1.54, 1.807) is 6.33 Å². The second-order valence-corrected chi connectivity index (χ2v) is 4.96. The maximum absolute atomic E-state index is 12.1. The van der Waals surface area contributed by atoms with Crippen LogP contribution in [-0.2, 0) is 7.05 Å². The van der Waals surface area contributed by atoms with Gasteiger partial charge in [0.05, 0.1) is 17.8 Å². The average Bonchev–Trinajstić information content (AvgIpc) is 3.04. The van der Waals surface area contributed by atoms with Gasteiger partial charge in [-0.25, -0.2) is 15.0 Å². The number of aryl methyl sites for hydroxylation is 1. The molecule has 0 atom stereocenters. The Morgan fingerprint density at radius 3 is 3.11 bits per heavy atom. The summed E-state index contributed by atoms with van der Waals surface area (Å²) in [6, 6.07) is 3.67. The topological polar surface area (TPSA) is 76.5 Å². The largest absolute Gasteiger partial charge is 0.348 e. The first kappa shape index (κ1) is 11.9. The molecule has 0 saturated heterocycles. The van der Waals surface area contributed by atoms with E-state index in [4.69, 9.17) is 0 Å². The summed E-state index contributed by atoms with van der Waals surface area (Å²) in [5.41, 5.74) is 2.08. The number of Topliss-reactive ketones (excluding diaryl/α,β-unsaturated/α-hetero) is 1. The molecule has 0 aliphatic rings. The van der Waals surface area contributed by atoms with Gasteiger partial charge in [0.2, 0.25) is 0 Å². The molecule has 0 radical (unpaired) electrons. The second-order valence-electron chi connectivity index (χ2n) is 4.00. The van der Waals surface area contributed by atoms with Gasteiger partial charge < -0.3 is 9.55 Å². The Morgan fingerprint density at radius 2 is 2.32 bits per heavy atom. The molecule has 96 valence electrons. The van der Waals surface area contributed by atoms with Crippen molar-refractivity contribution in [1.29, 1.82) is 0 Å². The molecule has 0 amide bonds. The summed E-state index contributed by atoms with van der Waals surface area (Å²) in [6.45, 7) is 0. The zero-order valence-electron chi connectivity index (χ0n) is 10.2. The van der Waals surface area contributed by atoms with Crippen molar-refractivity contribution in [2.24, 2.45) is 7.05 Å². The van der Waals surface area contributed by atoms with Crippen LogP contribution in [0.1, 0.15) is 10.5 Å². The number of thioether (sulfide) groups is 1. The monoisotopic (exact) mass is 273 g/mol. The van der Waals surface area contributed by atoms with E-state index in [1.807, 2.05) is 29.9 Å². The number of H-pyrrole nitrogens is 1. The highest BCUT2D eigenvalue weighted by Crippen LogP contribution is 2.22. The summed E-state index contributed by atoms with van der Waals surface area (Å²) < 4.78 is 1.81. The highest BCUT2D eigenvalue weighted by Gasteiger charge is 2.12. The molecule has 6 nitrogen and oxygen atoms in total. The van der Waals surface area contributed by atoms with E-state index in [-0.39, 0.29) is 5.78 Å². The predicted molar refractivity (Wildman–Crippen MR) is 72.2 cm³/mol. The number of hydrogen-bond donors (Lipinski definition) is 1. The van der Waals surface area contributed by atoms with Crippen molar-refractivity contribution in [3.8, 4) is 0 Å². The molecule has 19 heavy (non-hydrogen) atoms. The molecule has 0 aromatic carbocycles. The number of aromatic amines is 1. The third-order valence-electron chi connectivity index (χ3n) is 2.76. The fraction of sp³-hybridized carbons (Fsp3) is 0.167. The van der Waals surface area contributed by atoms with E-state index in [9.17, 15) is 4.79 Å². The molecular formula is C12H11N5OS. The van der Waals surface area contributed by atoms with Gasteiger partial charge in [0, 0.05) is 13.2 Å². The van der Waals surface area contributed by atoms with Gasteiger partial charge in [0.15, 0.2) is 11.4 Å². The van der Waals surface area contributed by atoms with Crippen LogP contribution >= 0.6 is 11.8 Å². The zero-order chi connectivity index (χ0) is 13.2. The van der Waals surface area contributed by atoms with Crippen LogP contribution in [0.15, 0.2) is 36.0 Å². The number of carbonyl (C=O) groups is 1. The van der Waals surface area contributed by atoms with Crippen molar-refractivity contribution < 1.29 is 4.79 Å². The van der Waals surface area contributed by atoms with Crippen molar-refractivity contribution in [2.45, 2.75) is 5.03 Å². The lowest BCUT2D eigenvalue weighted by atomic mass is 10.3. The predicted octanol–water partition coefficient (Wildman–Crippen LogP) is 1.67. The zero-order valence-corrected chi connectivity index (χ0v) is 11.0. The molecule has 7 heteroatoms. The van der Waals surface area contributed by atoms with Crippen molar-refractivity contribution in [3.05, 3.63) is 36.7 Å². The molecule has 1 N–H and O–H groups in total. The van der Waals surface area contributed by atoms with Gasteiger partial charge in [-0.05, 0) is 12.1 Å². The van der Waals surface area contributed by atoms with Gasteiger partial charge in [-0.2, -0.15) is 0 Å². The first-order valence-electron chi connectivity index (χ1n) is 5.67. The number of fused-ring (bicyclic) bond motifs is 1. The molecule has 0 aliphatic heterocycles. The van der Waals surface area contributed by atoms with Crippen LogP contribution in [-0.4, -0.2) is 36.0 Å². The quantitative estimate of drug-likeness (QED) is 0.444. The summed E-state index contributed by atoms with van der Waals surface area (Å²) in [7, 11) is 1.86. The first-order chi connectivity index (χ1) is 9.25. The van der Waals surface area contributed by atoms with Gasteiger partial charge in [-0.3, -0.25) is 4.79 Å². The molecule has 3 rings (SSSR count). The number of imidazole rings is 1. The molecular weight excluding hydrogens is 262 g/mol. The summed E-state index contributed by atoms with van der Waals surface area (Å²) in [5.74, 6) is 0.409. The van der Waals surface area contributed by atoms with Crippen molar-refractivity contribution >= 4 is 28.7 Å². The molecule has 0 bridgehead atoms. The molecule has 0 unspecified atom stereocenters. The third-order valence-corrected chi connectivity index (χ3v) is 3.75. The lowest BCUT2D eigenvalue weighted by Gasteiger charge is -2.02. The molecule has 0 saturated carbocycles. The minimum atomic E-state index is 0.0729. The van der Waals surface area contributed by atoms with Crippen molar-refractivity contribution in [2.75, 3.05) is 5.75 Å². The van der Waals surface area contributed by atoms with Gasteiger partial charge >= 0.3 is 0 Å². The number of nitrogens with zero attached hydrogens (tertiary/aromatic N) is 4. The van der Waals surface area contributed by atoms with Crippen LogP contribution in [0, 0.1) is 0 Å². The molecule has 0 spiro atoms. The number of rotatable bonds is 4. The summed E-state index contributed by atoms with van der Waals surface area (Å²) in [4.78, 5) is 27.3. The molecule has 0 fully saturated rings.